The fraction of sp³-hybridized carbons (Fsp3) is 0.600. The van der Waals surface area contributed by atoms with E-state index in [9.17, 15) is 10.1 Å². The van der Waals surface area contributed by atoms with Crippen molar-refractivity contribution in [1.29, 1.82) is 5.26 Å². The summed E-state index contributed by atoms with van der Waals surface area (Å²) in [5.74, 6) is 1.11. The zero-order valence-corrected chi connectivity index (χ0v) is 11.5. The molecule has 2 rings (SSSR count). The summed E-state index contributed by atoms with van der Waals surface area (Å²) in [6, 6.07) is 2.15. The maximum Gasteiger partial charge on any atom is 0.204 e. The molecule has 2 aliphatic rings. The number of rotatable bonds is 3. The number of nitriles is 1. The van der Waals surface area contributed by atoms with Crippen LogP contribution in [0.2, 0.25) is 0 Å². The zero-order chi connectivity index (χ0) is 14.0. The molecule has 0 bridgehead atoms. The predicted molar refractivity (Wildman–Crippen MR) is 71.4 cm³/mol. The van der Waals surface area contributed by atoms with Crippen LogP contribution in [0.15, 0.2) is 22.8 Å². The van der Waals surface area contributed by atoms with Crippen LogP contribution in [-0.2, 0) is 9.53 Å². The molecule has 4 nitrogen and oxygen atoms in total. The van der Waals surface area contributed by atoms with Gasteiger partial charge in [0, 0.05) is 24.3 Å². The quantitative estimate of drug-likeness (QED) is 0.846. The number of nitrogens with zero attached hydrogens (tertiary/aromatic N) is 1. The standard InChI is InChI=1S/C15H20N2O2/c1-3-9(4-2)13-10(8-16)15(17)19-12-7-5-6-11(18)14(12)13/h9,13H,3-7,17H2,1-2H3. The maximum absolute atomic E-state index is 12.2. The van der Waals surface area contributed by atoms with E-state index in [2.05, 4.69) is 19.9 Å². The Balaban J connectivity index is 2.52. The number of carbonyl (C=O) groups excluding carboxylic acids is 1. The first-order valence-electron chi connectivity index (χ1n) is 6.97. The van der Waals surface area contributed by atoms with Crippen LogP contribution in [0.1, 0.15) is 46.0 Å². The Morgan fingerprint density at radius 3 is 2.68 bits per heavy atom. The van der Waals surface area contributed by atoms with Crippen LogP contribution in [0.25, 0.3) is 0 Å². The molecule has 1 heterocycles. The molecule has 0 radical (unpaired) electrons. The second kappa shape index (κ2) is 5.48. The molecule has 1 unspecified atom stereocenters. The summed E-state index contributed by atoms with van der Waals surface area (Å²) < 4.78 is 5.53. The Kier molecular flexibility index (Phi) is 3.94. The Morgan fingerprint density at radius 1 is 1.42 bits per heavy atom. The van der Waals surface area contributed by atoms with Crippen LogP contribution in [0.4, 0.5) is 0 Å². The molecule has 102 valence electrons. The van der Waals surface area contributed by atoms with E-state index in [0.29, 0.717) is 23.3 Å². The molecule has 0 aromatic carbocycles. The molecule has 0 spiro atoms. The summed E-state index contributed by atoms with van der Waals surface area (Å²) in [6.07, 6.45) is 3.95. The number of hydrogen-bond acceptors (Lipinski definition) is 4. The van der Waals surface area contributed by atoms with Gasteiger partial charge in [0.05, 0.1) is 5.57 Å². The molecule has 0 saturated heterocycles. The topological polar surface area (TPSA) is 76.1 Å². The second-order valence-corrected chi connectivity index (χ2v) is 5.16. The van der Waals surface area contributed by atoms with Crippen molar-refractivity contribution in [2.45, 2.75) is 46.0 Å². The van der Waals surface area contributed by atoms with Gasteiger partial charge in [0.25, 0.3) is 0 Å². The van der Waals surface area contributed by atoms with Gasteiger partial charge < -0.3 is 10.5 Å². The lowest BCUT2D eigenvalue weighted by Gasteiger charge is -2.34. The van der Waals surface area contributed by atoms with E-state index in [1.54, 1.807) is 0 Å². The van der Waals surface area contributed by atoms with Gasteiger partial charge in [0.1, 0.15) is 11.8 Å². The van der Waals surface area contributed by atoms with Crippen LogP contribution in [0.3, 0.4) is 0 Å². The van der Waals surface area contributed by atoms with Crippen molar-refractivity contribution in [1.82, 2.24) is 0 Å². The molecule has 4 heteroatoms. The van der Waals surface area contributed by atoms with Crippen LogP contribution < -0.4 is 5.73 Å². The van der Waals surface area contributed by atoms with Crippen molar-refractivity contribution in [3.63, 3.8) is 0 Å². The van der Waals surface area contributed by atoms with Crippen molar-refractivity contribution in [2.24, 2.45) is 17.6 Å². The molecule has 0 fully saturated rings. The Morgan fingerprint density at radius 2 is 2.11 bits per heavy atom. The third-order valence-corrected chi connectivity index (χ3v) is 4.17. The van der Waals surface area contributed by atoms with E-state index < -0.39 is 0 Å². The highest BCUT2D eigenvalue weighted by Crippen LogP contribution is 2.42. The summed E-state index contributed by atoms with van der Waals surface area (Å²) in [5.41, 5.74) is 7.02. The molecular weight excluding hydrogens is 240 g/mol. The fourth-order valence-corrected chi connectivity index (χ4v) is 3.13. The molecule has 1 aliphatic carbocycles. The van der Waals surface area contributed by atoms with Crippen LogP contribution in [-0.4, -0.2) is 5.78 Å². The van der Waals surface area contributed by atoms with Gasteiger partial charge in [0.2, 0.25) is 5.88 Å². The van der Waals surface area contributed by atoms with E-state index in [4.69, 9.17) is 10.5 Å². The van der Waals surface area contributed by atoms with Crippen LogP contribution in [0.5, 0.6) is 0 Å². The Labute approximate surface area is 113 Å². The SMILES string of the molecule is CCC(CC)C1C(C#N)=C(N)OC2=C1C(=O)CCC2. The predicted octanol–water partition coefficient (Wildman–Crippen LogP) is 2.77. The van der Waals surface area contributed by atoms with Gasteiger partial charge in [-0.25, -0.2) is 0 Å². The molecule has 0 aromatic heterocycles. The number of hydrogen-bond donors (Lipinski definition) is 1. The van der Waals surface area contributed by atoms with Gasteiger partial charge >= 0.3 is 0 Å². The van der Waals surface area contributed by atoms with Gasteiger partial charge in [-0.05, 0) is 12.3 Å². The lowest BCUT2D eigenvalue weighted by Crippen LogP contribution is -2.32. The number of carbonyl (C=O) groups is 1. The van der Waals surface area contributed by atoms with Crippen molar-refractivity contribution >= 4 is 5.78 Å². The summed E-state index contributed by atoms with van der Waals surface area (Å²) >= 11 is 0. The smallest absolute Gasteiger partial charge is 0.204 e. The summed E-state index contributed by atoms with van der Waals surface area (Å²) in [7, 11) is 0. The van der Waals surface area contributed by atoms with Gasteiger partial charge in [-0.15, -0.1) is 0 Å². The highest BCUT2D eigenvalue weighted by molar-refractivity contribution is 5.98. The first-order valence-corrected chi connectivity index (χ1v) is 6.97. The van der Waals surface area contributed by atoms with E-state index in [-0.39, 0.29) is 23.5 Å². The molecule has 0 aromatic rings. The lowest BCUT2D eigenvalue weighted by molar-refractivity contribution is -0.117. The Hall–Kier alpha value is -1.76. The summed E-state index contributed by atoms with van der Waals surface area (Å²) in [4.78, 5) is 12.2. The third-order valence-electron chi connectivity index (χ3n) is 4.17. The van der Waals surface area contributed by atoms with E-state index in [0.717, 1.165) is 25.7 Å². The van der Waals surface area contributed by atoms with Crippen molar-refractivity contribution in [3.05, 3.63) is 22.8 Å². The van der Waals surface area contributed by atoms with Gasteiger partial charge in [-0.1, -0.05) is 26.7 Å². The molecule has 2 N–H and O–H groups in total. The van der Waals surface area contributed by atoms with Crippen molar-refractivity contribution in [3.8, 4) is 6.07 Å². The number of ketones is 1. The summed E-state index contributed by atoms with van der Waals surface area (Å²) in [6.45, 7) is 4.17. The molecule has 1 atom stereocenters. The van der Waals surface area contributed by atoms with Crippen LogP contribution in [0, 0.1) is 23.2 Å². The van der Waals surface area contributed by atoms with Crippen molar-refractivity contribution < 1.29 is 9.53 Å². The monoisotopic (exact) mass is 260 g/mol. The molecular formula is C15H20N2O2. The minimum absolute atomic E-state index is 0.124. The zero-order valence-electron chi connectivity index (χ0n) is 11.5. The fourth-order valence-electron chi connectivity index (χ4n) is 3.13. The van der Waals surface area contributed by atoms with Crippen LogP contribution >= 0.6 is 0 Å². The maximum atomic E-state index is 12.2. The first-order chi connectivity index (χ1) is 9.13. The highest BCUT2D eigenvalue weighted by Gasteiger charge is 2.39. The molecule has 19 heavy (non-hydrogen) atoms. The molecule has 0 amide bonds. The number of nitrogens with two attached hydrogens (primary N) is 1. The largest absolute Gasteiger partial charge is 0.444 e. The minimum atomic E-state index is -0.170. The minimum Gasteiger partial charge on any atom is -0.444 e. The van der Waals surface area contributed by atoms with Gasteiger partial charge in [-0.3, -0.25) is 4.79 Å². The first kappa shape index (κ1) is 13.7. The van der Waals surface area contributed by atoms with E-state index in [1.807, 2.05) is 0 Å². The Bertz CT molecular complexity index is 493. The highest BCUT2D eigenvalue weighted by atomic mass is 16.5. The van der Waals surface area contributed by atoms with Gasteiger partial charge in [0.15, 0.2) is 5.78 Å². The van der Waals surface area contributed by atoms with Gasteiger partial charge in [-0.2, -0.15) is 5.26 Å². The molecule has 0 saturated carbocycles. The van der Waals surface area contributed by atoms with Crippen molar-refractivity contribution in [2.75, 3.05) is 0 Å². The van der Waals surface area contributed by atoms with E-state index in [1.165, 1.54) is 0 Å². The summed E-state index contributed by atoms with van der Waals surface area (Å²) in [5, 5.41) is 9.35. The number of allylic oxidation sites excluding steroid dienone is 3. The lowest BCUT2D eigenvalue weighted by atomic mass is 9.73. The second-order valence-electron chi connectivity index (χ2n) is 5.16. The average Bonchev–Trinajstić information content (AvgIpc) is 2.40. The normalized spacial score (nSPS) is 23.3. The number of ether oxygens (including phenoxy) is 1. The third kappa shape index (κ3) is 2.25. The average molecular weight is 260 g/mol. The number of Topliss-reactive ketones (excluding diaryl/α,β-unsaturated/α-hetero) is 1. The van der Waals surface area contributed by atoms with E-state index >= 15 is 0 Å². The molecule has 1 aliphatic heterocycles.